The van der Waals surface area contributed by atoms with Gasteiger partial charge in [-0.05, 0) is 24.1 Å². The molecule has 2 amide bonds. The van der Waals surface area contributed by atoms with E-state index in [9.17, 15) is 14.7 Å². The second-order valence-corrected chi connectivity index (χ2v) is 4.61. The summed E-state index contributed by atoms with van der Waals surface area (Å²) in [6.45, 7) is 6.18. The number of rotatable bonds is 6. The quantitative estimate of drug-likeness (QED) is 0.644. The van der Waals surface area contributed by atoms with Crippen molar-refractivity contribution in [3.8, 4) is 5.75 Å². The average molecular weight is 287 g/mol. The van der Waals surface area contributed by atoms with Gasteiger partial charge in [-0.15, -0.1) is 6.58 Å². The lowest BCUT2D eigenvalue weighted by molar-refractivity contribution is -0.137. The van der Waals surface area contributed by atoms with Crippen LogP contribution in [0.1, 0.15) is 18.9 Å². The topological polar surface area (TPSA) is 66.8 Å². The fraction of sp³-hybridized carbons (Fsp3) is 0.250. The maximum Gasteiger partial charge on any atom is 0.296 e. The zero-order chi connectivity index (χ0) is 15.4. The van der Waals surface area contributed by atoms with Crippen LogP contribution >= 0.6 is 0 Å². The van der Waals surface area contributed by atoms with Crippen LogP contribution in [0, 0.1) is 0 Å². The van der Waals surface area contributed by atoms with Crippen LogP contribution in [-0.4, -0.2) is 35.0 Å². The predicted molar refractivity (Wildman–Crippen MR) is 78.7 cm³/mol. The van der Waals surface area contributed by atoms with E-state index in [1.54, 1.807) is 24.3 Å². The standard InChI is InChI=1S/C16H17NO4/c1-3-9-17-15(19)13(14(18)16(17)20)11-5-7-12(8-6-11)21-10-4-2/h3,5-8,18H,1,4,9-10H2,2H3. The van der Waals surface area contributed by atoms with Crippen LogP contribution in [0.3, 0.4) is 0 Å². The lowest BCUT2D eigenvalue weighted by atomic mass is 10.1. The average Bonchev–Trinajstić information content (AvgIpc) is 2.70. The molecule has 5 heteroatoms. The Morgan fingerprint density at radius 2 is 1.90 bits per heavy atom. The molecule has 0 aromatic heterocycles. The van der Waals surface area contributed by atoms with Crippen molar-refractivity contribution in [2.45, 2.75) is 13.3 Å². The van der Waals surface area contributed by atoms with E-state index in [4.69, 9.17) is 4.74 Å². The van der Waals surface area contributed by atoms with Crippen LogP contribution in [0.15, 0.2) is 42.7 Å². The first kappa shape index (κ1) is 14.8. The van der Waals surface area contributed by atoms with E-state index >= 15 is 0 Å². The number of imide groups is 1. The number of aliphatic hydroxyl groups is 1. The summed E-state index contributed by atoms with van der Waals surface area (Å²) in [4.78, 5) is 25.0. The van der Waals surface area contributed by atoms with Crippen LogP contribution in [0.5, 0.6) is 5.75 Å². The smallest absolute Gasteiger partial charge is 0.296 e. The number of carbonyl (C=O) groups excluding carboxylic acids is 2. The number of ether oxygens (including phenoxy) is 1. The first-order valence-electron chi connectivity index (χ1n) is 6.73. The second kappa shape index (κ2) is 6.26. The number of hydrogen-bond donors (Lipinski definition) is 1. The van der Waals surface area contributed by atoms with Crippen molar-refractivity contribution in [2.24, 2.45) is 0 Å². The first-order chi connectivity index (χ1) is 10.1. The number of benzene rings is 1. The molecule has 1 aromatic rings. The molecule has 2 rings (SSSR count). The number of carbonyl (C=O) groups is 2. The van der Waals surface area contributed by atoms with E-state index in [0.717, 1.165) is 11.3 Å². The number of aliphatic hydroxyl groups excluding tert-OH is 1. The predicted octanol–water partition coefficient (Wildman–Crippen LogP) is 2.30. The highest BCUT2D eigenvalue weighted by atomic mass is 16.5. The molecule has 0 spiro atoms. The van der Waals surface area contributed by atoms with Gasteiger partial charge in [0.1, 0.15) is 5.75 Å². The lowest BCUT2D eigenvalue weighted by Gasteiger charge is -2.11. The maximum atomic E-state index is 12.2. The molecule has 0 bridgehead atoms. The van der Waals surface area contributed by atoms with Crippen molar-refractivity contribution >= 4 is 17.4 Å². The van der Waals surface area contributed by atoms with Gasteiger partial charge in [0.15, 0.2) is 5.76 Å². The van der Waals surface area contributed by atoms with Crippen LogP contribution in [-0.2, 0) is 9.59 Å². The molecule has 1 N–H and O–H groups in total. The summed E-state index contributed by atoms with van der Waals surface area (Å²) in [6.07, 6.45) is 2.34. The molecule has 1 aliphatic heterocycles. The molecular weight excluding hydrogens is 270 g/mol. The highest BCUT2D eigenvalue weighted by Gasteiger charge is 2.38. The number of hydrogen-bond acceptors (Lipinski definition) is 4. The van der Waals surface area contributed by atoms with Crippen molar-refractivity contribution in [3.63, 3.8) is 0 Å². The van der Waals surface area contributed by atoms with Gasteiger partial charge in [-0.1, -0.05) is 25.1 Å². The Balaban J connectivity index is 2.26. The third-order valence-electron chi connectivity index (χ3n) is 3.07. The first-order valence-corrected chi connectivity index (χ1v) is 6.73. The van der Waals surface area contributed by atoms with Gasteiger partial charge in [0.2, 0.25) is 0 Å². The monoisotopic (exact) mass is 287 g/mol. The molecule has 110 valence electrons. The molecule has 0 radical (unpaired) electrons. The SMILES string of the molecule is C=CCN1C(=O)C(O)=C(c2ccc(OCCC)cc2)C1=O. The van der Waals surface area contributed by atoms with Crippen molar-refractivity contribution in [1.82, 2.24) is 4.90 Å². The molecule has 21 heavy (non-hydrogen) atoms. The fourth-order valence-electron chi connectivity index (χ4n) is 2.06. The lowest BCUT2D eigenvalue weighted by Crippen LogP contribution is -2.31. The molecule has 1 aliphatic rings. The second-order valence-electron chi connectivity index (χ2n) is 4.61. The molecule has 0 unspecified atom stereocenters. The fourth-order valence-corrected chi connectivity index (χ4v) is 2.06. The summed E-state index contributed by atoms with van der Waals surface area (Å²) in [7, 11) is 0. The number of amides is 2. The minimum absolute atomic E-state index is 0.0175. The van der Waals surface area contributed by atoms with E-state index in [-0.39, 0.29) is 12.1 Å². The molecule has 5 nitrogen and oxygen atoms in total. The van der Waals surface area contributed by atoms with E-state index in [1.165, 1.54) is 6.08 Å². The molecule has 0 saturated carbocycles. The Hall–Kier alpha value is -2.56. The zero-order valence-electron chi connectivity index (χ0n) is 11.8. The summed E-state index contributed by atoms with van der Waals surface area (Å²) >= 11 is 0. The highest BCUT2D eigenvalue weighted by Crippen LogP contribution is 2.29. The Bertz CT molecular complexity index is 601. The summed E-state index contributed by atoms with van der Waals surface area (Å²) in [5.41, 5.74) is 0.505. The van der Waals surface area contributed by atoms with Gasteiger partial charge in [-0.25, -0.2) is 0 Å². The molecular formula is C16H17NO4. The van der Waals surface area contributed by atoms with Gasteiger partial charge in [-0.2, -0.15) is 0 Å². The van der Waals surface area contributed by atoms with Gasteiger partial charge in [0, 0.05) is 6.54 Å². The van der Waals surface area contributed by atoms with Crippen LogP contribution < -0.4 is 4.74 Å². The number of nitrogens with zero attached hydrogens (tertiary/aromatic N) is 1. The van der Waals surface area contributed by atoms with Crippen molar-refractivity contribution in [1.29, 1.82) is 0 Å². The van der Waals surface area contributed by atoms with Gasteiger partial charge < -0.3 is 9.84 Å². The Morgan fingerprint density at radius 3 is 2.48 bits per heavy atom. The Labute approximate surface area is 123 Å². The highest BCUT2D eigenvalue weighted by molar-refractivity contribution is 6.34. The Kier molecular flexibility index (Phi) is 4.42. The van der Waals surface area contributed by atoms with E-state index in [2.05, 4.69) is 6.58 Å². The summed E-state index contributed by atoms with van der Waals surface area (Å²) in [5.74, 6) is -1.05. The summed E-state index contributed by atoms with van der Waals surface area (Å²) in [6, 6.07) is 6.72. The van der Waals surface area contributed by atoms with Crippen LogP contribution in [0.25, 0.3) is 5.57 Å². The van der Waals surface area contributed by atoms with Gasteiger partial charge in [0.05, 0.1) is 12.2 Å². The van der Waals surface area contributed by atoms with Gasteiger partial charge in [0.25, 0.3) is 11.8 Å². The molecule has 0 saturated heterocycles. The maximum absolute atomic E-state index is 12.2. The molecule has 0 fully saturated rings. The molecule has 0 atom stereocenters. The summed E-state index contributed by atoms with van der Waals surface area (Å²) < 4.78 is 5.45. The van der Waals surface area contributed by atoms with Gasteiger partial charge >= 0.3 is 0 Å². The van der Waals surface area contributed by atoms with E-state index in [1.807, 2.05) is 6.92 Å². The van der Waals surface area contributed by atoms with Crippen LogP contribution in [0.2, 0.25) is 0 Å². The summed E-state index contributed by atoms with van der Waals surface area (Å²) in [5, 5.41) is 9.89. The van der Waals surface area contributed by atoms with Gasteiger partial charge in [-0.3, -0.25) is 14.5 Å². The minimum atomic E-state index is -0.693. The zero-order valence-corrected chi connectivity index (χ0v) is 11.8. The van der Waals surface area contributed by atoms with E-state index in [0.29, 0.717) is 17.9 Å². The van der Waals surface area contributed by atoms with Crippen molar-refractivity contribution in [3.05, 3.63) is 48.2 Å². The van der Waals surface area contributed by atoms with Crippen molar-refractivity contribution < 1.29 is 19.4 Å². The third kappa shape index (κ3) is 2.81. The van der Waals surface area contributed by atoms with Crippen molar-refractivity contribution in [2.75, 3.05) is 13.2 Å². The normalized spacial score (nSPS) is 14.8. The minimum Gasteiger partial charge on any atom is -0.502 e. The molecule has 0 aliphatic carbocycles. The van der Waals surface area contributed by atoms with E-state index < -0.39 is 17.6 Å². The largest absolute Gasteiger partial charge is 0.502 e. The Morgan fingerprint density at radius 1 is 1.24 bits per heavy atom. The third-order valence-corrected chi connectivity index (χ3v) is 3.07. The molecule has 1 heterocycles. The molecule has 1 aromatic carbocycles. The van der Waals surface area contributed by atoms with Crippen LogP contribution in [0.4, 0.5) is 0 Å².